The number of unbranched alkanes of at least 4 members (excludes halogenated alkanes) is 1. The van der Waals surface area contributed by atoms with Crippen molar-refractivity contribution in [2.45, 2.75) is 53.4 Å². The van der Waals surface area contributed by atoms with Crippen molar-refractivity contribution in [2.75, 3.05) is 13.1 Å². The molecule has 19 heavy (non-hydrogen) atoms. The fraction of sp³-hybridized carbons (Fsp3) is 0.857. The van der Waals surface area contributed by atoms with E-state index in [9.17, 15) is 9.59 Å². The average molecular weight is 272 g/mol. The third kappa shape index (κ3) is 7.70. The molecule has 112 valence electrons. The van der Waals surface area contributed by atoms with Crippen LogP contribution in [-0.2, 0) is 4.79 Å². The Bertz CT molecular complexity index is 290. The molecule has 0 saturated heterocycles. The van der Waals surface area contributed by atoms with Crippen LogP contribution >= 0.6 is 0 Å². The lowest BCUT2D eigenvalue weighted by Crippen LogP contribution is -2.44. The van der Waals surface area contributed by atoms with Crippen LogP contribution in [0.1, 0.15) is 53.4 Å². The fourth-order valence-electron chi connectivity index (χ4n) is 1.62. The van der Waals surface area contributed by atoms with Crippen molar-refractivity contribution in [3.8, 4) is 0 Å². The van der Waals surface area contributed by atoms with E-state index in [4.69, 9.17) is 5.11 Å². The molecule has 0 aliphatic heterocycles. The number of carboxylic acid groups (broad SMARTS) is 1. The smallest absolute Gasteiger partial charge is 0.314 e. The molecule has 0 aromatic rings. The molecule has 0 aromatic carbocycles. The summed E-state index contributed by atoms with van der Waals surface area (Å²) >= 11 is 0. The number of rotatable bonds is 9. The van der Waals surface area contributed by atoms with E-state index in [2.05, 4.69) is 24.5 Å². The van der Waals surface area contributed by atoms with Crippen LogP contribution in [0.2, 0.25) is 0 Å². The second kappa shape index (κ2) is 8.77. The van der Waals surface area contributed by atoms with Gasteiger partial charge in [-0.15, -0.1) is 0 Å². The SMILES string of the molecule is CCCCC(CC)CNC(=O)NCC(C)(C)C(=O)O. The first-order chi connectivity index (χ1) is 8.83. The molecular weight excluding hydrogens is 244 g/mol. The van der Waals surface area contributed by atoms with Crippen LogP contribution in [-0.4, -0.2) is 30.2 Å². The van der Waals surface area contributed by atoms with Gasteiger partial charge in [-0.2, -0.15) is 0 Å². The topological polar surface area (TPSA) is 78.4 Å². The number of aliphatic carboxylic acids is 1. The van der Waals surface area contributed by atoms with Crippen LogP contribution < -0.4 is 10.6 Å². The lowest BCUT2D eigenvalue weighted by molar-refractivity contribution is -0.146. The quantitative estimate of drug-likeness (QED) is 0.603. The van der Waals surface area contributed by atoms with Crippen LogP contribution in [0.15, 0.2) is 0 Å². The summed E-state index contributed by atoms with van der Waals surface area (Å²) in [7, 11) is 0. The van der Waals surface area contributed by atoms with Crippen molar-refractivity contribution in [2.24, 2.45) is 11.3 Å². The van der Waals surface area contributed by atoms with E-state index in [0.29, 0.717) is 12.5 Å². The Balaban J connectivity index is 3.95. The molecule has 0 bridgehead atoms. The van der Waals surface area contributed by atoms with Gasteiger partial charge in [-0.1, -0.05) is 33.1 Å². The number of hydrogen-bond acceptors (Lipinski definition) is 2. The molecular formula is C14H28N2O3. The Hall–Kier alpha value is -1.26. The summed E-state index contributed by atoms with van der Waals surface area (Å²) in [6.07, 6.45) is 4.50. The molecule has 0 radical (unpaired) electrons. The van der Waals surface area contributed by atoms with Crippen molar-refractivity contribution in [3.05, 3.63) is 0 Å². The molecule has 0 heterocycles. The van der Waals surface area contributed by atoms with E-state index in [1.807, 2.05) is 0 Å². The highest BCUT2D eigenvalue weighted by Crippen LogP contribution is 2.13. The zero-order valence-corrected chi connectivity index (χ0v) is 12.6. The minimum atomic E-state index is -0.941. The molecule has 5 nitrogen and oxygen atoms in total. The number of amides is 2. The molecule has 0 aliphatic rings. The molecule has 2 amide bonds. The van der Waals surface area contributed by atoms with E-state index >= 15 is 0 Å². The standard InChI is InChI=1S/C14H28N2O3/c1-5-7-8-11(6-2)9-15-13(19)16-10-14(3,4)12(17)18/h11H,5-10H2,1-4H3,(H,17,18)(H2,15,16,19). The molecule has 0 aliphatic carbocycles. The largest absolute Gasteiger partial charge is 0.481 e. The molecule has 0 rings (SSSR count). The van der Waals surface area contributed by atoms with Crippen molar-refractivity contribution >= 4 is 12.0 Å². The summed E-state index contributed by atoms with van der Waals surface area (Å²) in [6, 6.07) is -0.288. The average Bonchev–Trinajstić information content (AvgIpc) is 2.36. The molecule has 1 atom stereocenters. The lowest BCUT2D eigenvalue weighted by Gasteiger charge is -2.20. The van der Waals surface area contributed by atoms with Gasteiger partial charge in [0, 0.05) is 13.1 Å². The summed E-state index contributed by atoms with van der Waals surface area (Å²) < 4.78 is 0. The highest BCUT2D eigenvalue weighted by Gasteiger charge is 2.27. The van der Waals surface area contributed by atoms with E-state index in [0.717, 1.165) is 19.3 Å². The summed E-state index contributed by atoms with van der Waals surface area (Å²) in [5, 5.41) is 14.4. The minimum absolute atomic E-state index is 0.125. The third-order valence-corrected chi connectivity index (χ3v) is 3.36. The monoisotopic (exact) mass is 272 g/mol. The predicted molar refractivity (Wildman–Crippen MR) is 76.1 cm³/mol. The van der Waals surface area contributed by atoms with Gasteiger partial charge in [0.15, 0.2) is 0 Å². The zero-order chi connectivity index (χ0) is 14.9. The van der Waals surface area contributed by atoms with Crippen LogP contribution in [0.25, 0.3) is 0 Å². The first-order valence-corrected chi connectivity index (χ1v) is 7.08. The first kappa shape index (κ1) is 17.7. The van der Waals surface area contributed by atoms with Crippen molar-refractivity contribution < 1.29 is 14.7 Å². The summed E-state index contributed by atoms with van der Waals surface area (Å²) in [5.41, 5.74) is -0.941. The van der Waals surface area contributed by atoms with Gasteiger partial charge in [-0.3, -0.25) is 4.79 Å². The van der Waals surface area contributed by atoms with Gasteiger partial charge in [-0.25, -0.2) is 4.79 Å². The zero-order valence-electron chi connectivity index (χ0n) is 12.6. The number of carbonyl (C=O) groups is 2. The van der Waals surface area contributed by atoms with Crippen molar-refractivity contribution in [3.63, 3.8) is 0 Å². The second-order valence-electron chi connectivity index (χ2n) is 5.67. The van der Waals surface area contributed by atoms with Crippen molar-refractivity contribution in [1.82, 2.24) is 10.6 Å². The Morgan fingerprint density at radius 1 is 1.21 bits per heavy atom. The first-order valence-electron chi connectivity index (χ1n) is 7.08. The molecule has 0 aromatic heterocycles. The maximum absolute atomic E-state index is 11.6. The Morgan fingerprint density at radius 2 is 1.84 bits per heavy atom. The second-order valence-corrected chi connectivity index (χ2v) is 5.67. The van der Waals surface area contributed by atoms with Crippen LogP contribution in [0.3, 0.4) is 0 Å². The van der Waals surface area contributed by atoms with Gasteiger partial charge in [-0.05, 0) is 26.2 Å². The van der Waals surface area contributed by atoms with E-state index < -0.39 is 11.4 Å². The molecule has 3 N–H and O–H groups in total. The maximum Gasteiger partial charge on any atom is 0.314 e. The van der Waals surface area contributed by atoms with Gasteiger partial charge in [0.25, 0.3) is 0 Å². The van der Waals surface area contributed by atoms with Gasteiger partial charge >= 0.3 is 12.0 Å². The normalized spacial score (nSPS) is 12.8. The van der Waals surface area contributed by atoms with Gasteiger partial charge in [0.2, 0.25) is 0 Å². The van der Waals surface area contributed by atoms with Gasteiger partial charge in [0.05, 0.1) is 5.41 Å². The summed E-state index contributed by atoms with van der Waals surface area (Å²) in [6.45, 7) is 8.22. The molecule has 5 heteroatoms. The molecule has 0 fully saturated rings. The summed E-state index contributed by atoms with van der Waals surface area (Å²) in [4.78, 5) is 22.5. The number of urea groups is 1. The van der Waals surface area contributed by atoms with E-state index in [1.54, 1.807) is 13.8 Å². The Labute approximate surface area is 116 Å². The lowest BCUT2D eigenvalue weighted by atomic mass is 9.94. The molecule has 0 spiro atoms. The molecule has 1 unspecified atom stereocenters. The fourth-order valence-corrected chi connectivity index (χ4v) is 1.62. The number of carbonyl (C=O) groups excluding carboxylic acids is 1. The minimum Gasteiger partial charge on any atom is -0.481 e. The highest BCUT2D eigenvalue weighted by atomic mass is 16.4. The van der Waals surface area contributed by atoms with Gasteiger partial charge < -0.3 is 15.7 Å². The van der Waals surface area contributed by atoms with Crippen LogP contribution in [0.4, 0.5) is 4.79 Å². The number of nitrogens with one attached hydrogen (secondary N) is 2. The van der Waals surface area contributed by atoms with Crippen molar-refractivity contribution in [1.29, 1.82) is 0 Å². The third-order valence-electron chi connectivity index (χ3n) is 3.36. The van der Waals surface area contributed by atoms with Gasteiger partial charge in [0.1, 0.15) is 0 Å². The summed E-state index contributed by atoms with van der Waals surface area (Å²) in [5.74, 6) is -0.416. The van der Waals surface area contributed by atoms with E-state index in [1.165, 1.54) is 6.42 Å². The maximum atomic E-state index is 11.6. The van der Waals surface area contributed by atoms with E-state index in [-0.39, 0.29) is 12.6 Å². The molecule has 0 saturated carbocycles. The predicted octanol–water partition coefficient (Wildman–Crippen LogP) is 2.61. The number of hydrogen-bond donors (Lipinski definition) is 3. The van der Waals surface area contributed by atoms with Crippen LogP contribution in [0, 0.1) is 11.3 Å². The number of carboxylic acids is 1. The Morgan fingerprint density at radius 3 is 2.32 bits per heavy atom. The highest BCUT2D eigenvalue weighted by molar-refractivity contribution is 5.77. The van der Waals surface area contributed by atoms with Crippen LogP contribution in [0.5, 0.6) is 0 Å². The Kier molecular flexibility index (Phi) is 8.19.